The van der Waals surface area contributed by atoms with E-state index >= 15 is 0 Å². The summed E-state index contributed by atoms with van der Waals surface area (Å²) >= 11 is 5.88. The van der Waals surface area contributed by atoms with E-state index in [0.717, 1.165) is 11.3 Å². The van der Waals surface area contributed by atoms with Crippen molar-refractivity contribution in [3.63, 3.8) is 0 Å². The normalized spacial score (nSPS) is 10.8. The fourth-order valence-electron chi connectivity index (χ4n) is 2.57. The summed E-state index contributed by atoms with van der Waals surface area (Å²) in [5.74, 6) is 0.312. The summed E-state index contributed by atoms with van der Waals surface area (Å²) in [7, 11) is 1.82. The van der Waals surface area contributed by atoms with Crippen molar-refractivity contribution in [1.29, 1.82) is 0 Å². The van der Waals surface area contributed by atoms with Gasteiger partial charge in [-0.1, -0.05) is 23.7 Å². The lowest BCUT2D eigenvalue weighted by molar-refractivity contribution is 0.102. The van der Waals surface area contributed by atoms with Crippen LogP contribution in [0.15, 0.2) is 36.5 Å². The minimum Gasteiger partial charge on any atom is -0.305 e. The monoisotopic (exact) mass is 343 g/mol. The molecule has 0 atom stereocenters. The predicted octanol–water partition coefficient (Wildman–Crippen LogP) is 3.19. The highest BCUT2D eigenvalue weighted by Crippen LogP contribution is 2.15. The average Bonchev–Trinajstić information content (AvgIpc) is 3.06. The Hall–Kier alpha value is -2.60. The third-order valence-corrected chi connectivity index (χ3v) is 4.13. The largest absolute Gasteiger partial charge is 0.305 e. The van der Waals surface area contributed by atoms with E-state index in [4.69, 9.17) is 11.6 Å². The van der Waals surface area contributed by atoms with Gasteiger partial charge in [-0.3, -0.25) is 14.2 Å². The number of nitrogens with one attached hydrogen (secondary N) is 1. The average molecular weight is 344 g/mol. The molecule has 3 aromatic rings. The number of rotatable bonds is 4. The standard InChI is InChI=1S/C17H18ClN5O/c1-11-16(12(2)22(3)20-11)17(24)19-15-8-9-23(21-15)10-13-4-6-14(18)7-5-13/h4-9H,10H2,1-3H3,(H,19,21,24). The van der Waals surface area contributed by atoms with Crippen molar-refractivity contribution in [1.82, 2.24) is 19.6 Å². The molecule has 24 heavy (non-hydrogen) atoms. The van der Waals surface area contributed by atoms with E-state index in [1.54, 1.807) is 15.4 Å². The molecular formula is C17H18ClN5O. The number of hydrogen-bond donors (Lipinski definition) is 1. The third-order valence-electron chi connectivity index (χ3n) is 3.88. The molecule has 0 unspecified atom stereocenters. The first-order valence-electron chi connectivity index (χ1n) is 7.53. The number of aryl methyl sites for hydroxylation is 2. The van der Waals surface area contributed by atoms with E-state index in [-0.39, 0.29) is 5.91 Å². The van der Waals surface area contributed by atoms with Crippen LogP contribution < -0.4 is 5.32 Å². The number of benzene rings is 1. The van der Waals surface area contributed by atoms with Crippen LogP contribution in [-0.4, -0.2) is 25.5 Å². The molecule has 7 heteroatoms. The highest BCUT2D eigenvalue weighted by atomic mass is 35.5. The number of halogens is 1. The van der Waals surface area contributed by atoms with Gasteiger partial charge >= 0.3 is 0 Å². The second-order valence-corrected chi connectivity index (χ2v) is 6.09. The Morgan fingerprint density at radius 2 is 1.88 bits per heavy atom. The Morgan fingerprint density at radius 1 is 1.17 bits per heavy atom. The van der Waals surface area contributed by atoms with Crippen LogP contribution in [0, 0.1) is 13.8 Å². The number of amides is 1. The van der Waals surface area contributed by atoms with Gasteiger partial charge in [0.1, 0.15) is 0 Å². The molecule has 2 aromatic heterocycles. The van der Waals surface area contributed by atoms with Gasteiger partial charge in [-0.05, 0) is 31.5 Å². The van der Waals surface area contributed by atoms with Gasteiger partial charge in [0.25, 0.3) is 5.91 Å². The maximum Gasteiger partial charge on any atom is 0.260 e. The van der Waals surface area contributed by atoms with Gasteiger partial charge < -0.3 is 5.32 Å². The number of carbonyl (C=O) groups excluding carboxylic acids is 1. The zero-order valence-corrected chi connectivity index (χ0v) is 14.5. The molecule has 3 rings (SSSR count). The third kappa shape index (κ3) is 3.33. The van der Waals surface area contributed by atoms with E-state index in [1.807, 2.05) is 51.4 Å². The summed E-state index contributed by atoms with van der Waals surface area (Å²) in [6.07, 6.45) is 1.83. The molecule has 1 amide bonds. The van der Waals surface area contributed by atoms with Crippen molar-refractivity contribution in [3.8, 4) is 0 Å². The van der Waals surface area contributed by atoms with Crippen molar-refractivity contribution in [2.24, 2.45) is 7.05 Å². The van der Waals surface area contributed by atoms with Crippen molar-refractivity contribution >= 4 is 23.3 Å². The lowest BCUT2D eigenvalue weighted by atomic mass is 10.2. The topological polar surface area (TPSA) is 64.7 Å². The summed E-state index contributed by atoms with van der Waals surface area (Å²) in [5, 5.41) is 12.2. The molecule has 0 radical (unpaired) electrons. The number of carbonyl (C=O) groups is 1. The Morgan fingerprint density at radius 3 is 2.50 bits per heavy atom. The van der Waals surface area contributed by atoms with Gasteiger partial charge in [-0.2, -0.15) is 10.2 Å². The molecule has 2 heterocycles. The fourth-order valence-corrected chi connectivity index (χ4v) is 2.70. The minimum absolute atomic E-state index is 0.199. The second kappa shape index (κ2) is 6.49. The zero-order chi connectivity index (χ0) is 17.3. The summed E-state index contributed by atoms with van der Waals surface area (Å²) in [6, 6.07) is 9.36. The van der Waals surface area contributed by atoms with Crippen LogP contribution in [0.5, 0.6) is 0 Å². The first kappa shape index (κ1) is 16.3. The maximum atomic E-state index is 12.4. The number of nitrogens with zero attached hydrogens (tertiary/aromatic N) is 4. The van der Waals surface area contributed by atoms with Crippen LogP contribution in [0.4, 0.5) is 5.82 Å². The number of aromatic nitrogens is 4. The van der Waals surface area contributed by atoms with Crippen LogP contribution >= 0.6 is 11.6 Å². The molecular weight excluding hydrogens is 326 g/mol. The summed E-state index contributed by atoms with van der Waals surface area (Å²) in [5.41, 5.74) is 3.20. The fraction of sp³-hybridized carbons (Fsp3) is 0.235. The molecule has 1 aromatic carbocycles. The van der Waals surface area contributed by atoms with E-state index in [9.17, 15) is 4.79 Å². The Labute approximate surface area is 145 Å². The van der Waals surface area contributed by atoms with E-state index < -0.39 is 0 Å². The maximum absolute atomic E-state index is 12.4. The van der Waals surface area contributed by atoms with Crippen LogP contribution in [0.1, 0.15) is 27.3 Å². The summed E-state index contributed by atoms with van der Waals surface area (Å²) in [6.45, 7) is 4.30. The number of anilines is 1. The molecule has 0 aliphatic carbocycles. The Balaban J connectivity index is 1.71. The van der Waals surface area contributed by atoms with E-state index in [0.29, 0.717) is 28.6 Å². The van der Waals surface area contributed by atoms with Gasteiger partial charge in [0.15, 0.2) is 5.82 Å². The highest BCUT2D eigenvalue weighted by Gasteiger charge is 2.18. The van der Waals surface area contributed by atoms with Gasteiger partial charge in [0.2, 0.25) is 0 Å². The quantitative estimate of drug-likeness (QED) is 0.791. The van der Waals surface area contributed by atoms with Crippen LogP contribution in [-0.2, 0) is 13.6 Å². The molecule has 1 N–H and O–H groups in total. The summed E-state index contributed by atoms with van der Waals surface area (Å²) in [4.78, 5) is 12.4. The summed E-state index contributed by atoms with van der Waals surface area (Å²) < 4.78 is 3.46. The highest BCUT2D eigenvalue weighted by molar-refractivity contribution is 6.30. The van der Waals surface area contributed by atoms with Crippen molar-refractivity contribution in [3.05, 3.63) is 64.1 Å². The molecule has 0 spiro atoms. The molecule has 0 aliphatic heterocycles. The van der Waals surface area contributed by atoms with Crippen LogP contribution in [0.3, 0.4) is 0 Å². The minimum atomic E-state index is -0.199. The molecule has 0 fully saturated rings. The van der Waals surface area contributed by atoms with Crippen molar-refractivity contribution in [2.75, 3.05) is 5.32 Å². The molecule has 0 aliphatic rings. The lowest BCUT2D eigenvalue weighted by Gasteiger charge is -2.04. The zero-order valence-electron chi connectivity index (χ0n) is 13.7. The van der Waals surface area contributed by atoms with Gasteiger partial charge in [0.05, 0.1) is 17.8 Å². The smallest absolute Gasteiger partial charge is 0.260 e. The molecule has 0 saturated heterocycles. The first-order valence-corrected chi connectivity index (χ1v) is 7.91. The van der Waals surface area contributed by atoms with E-state index in [2.05, 4.69) is 15.5 Å². The lowest BCUT2D eigenvalue weighted by Crippen LogP contribution is -2.15. The van der Waals surface area contributed by atoms with Gasteiger partial charge in [-0.15, -0.1) is 0 Å². The Bertz CT molecular complexity index is 879. The molecule has 6 nitrogen and oxygen atoms in total. The van der Waals surface area contributed by atoms with Gasteiger partial charge in [0, 0.05) is 30.0 Å². The van der Waals surface area contributed by atoms with E-state index in [1.165, 1.54) is 0 Å². The van der Waals surface area contributed by atoms with Crippen molar-refractivity contribution in [2.45, 2.75) is 20.4 Å². The van der Waals surface area contributed by atoms with Crippen molar-refractivity contribution < 1.29 is 4.79 Å². The first-order chi connectivity index (χ1) is 11.4. The molecule has 124 valence electrons. The second-order valence-electron chi connectivity index (χ2n) is 5.65. The van der Waals surface area contributed by atoms with Gasteiger partial charge in [-0.25, -0.2) is 0 Å². The van der Waals surface area contributed by atoms with Crippen LogP contribution in [0.2, 0.25) is 5.02 Å². The van der Waals surface area contributed by atoms with Crippen LogP contribution in [0.25, 0.3) is 0 Å². The predicted molar refractivity (Wildman–Crippen MR) is 93.4 cm³/mol. The Kier molecular flexibility index (Phi) is 4.40. The molecule has 0 saturated carbocycles. The molecule has 0 bridgehead atoms. The SMILES string of the molecule is Cc1nn(C)c(C)c1C(=O)Nc1ccn(Cc2ccc(Cl)cc2)n1. The number of hydrogen-bond acceptors (Lipinski definition) is 3.